The van der Waals surface area contributed by atoms with Crippen molar-refractivity contribution in [3.63, 3.8) is 0 Å². The Labute approximate surface area is 197 Å². The number of carbonyl (C=O) groups is 3. The van der Waals surface area contributed by atoms with Crippen LogP contribution in [0.4, 0.5) is 4.79 Å². The van der Waals surface area contributed by atoms with Gasteiger partial charge < -0.3 is 15.0 Å². The highest BCUT2D eigenvalue weighted by Crippen LogP contribution is 2.36. The summed E-state index contributed by atoms with van der Waals surface area (Å²) in [5, 5.41) is 5.85. The van der Waals surface area contributed by atoms with Crippen molar-refractivity contribution in [2.75, 3.05) is 13.1 Å². The number of amides is 4. The molecule has 34 heavy (non-hydrogen) atoms. The molecule has 2 N–H and O–H groups in total. The number of ether oxygens (including phenoxy) is 1. The molecule has 8 nitrogen and oxygen atoms in total. The molecule has 2 saturated heterocycles. The second-order valence-electron chi connectivity index (χ2n) is 9.12. The summed E-state index contributed by atoms with van der Waals surface area (Å²) >= 11 is 0. The van der Waals surface area contributed by atoms with Gasteiger partial charge >= 0.3 is 6.03 Å². The molecule has 5 rings (SSSR count). The summed E-state index contributed by atoms with van der Waals surface area (Å²) in [6.07, 6.45) is 0.398. The lowest BCUT2D eigenvalue weighted by Gasteiger charge is -2.47. The predicted molar refractivity (Wildman–Crippen MR) is 126 cm³/mol. The lowest BCUT2D eigenvalue weighted by atomic mass is 9.74. The molecule has 4 amide bonds. The zero-order valence-electron chi connectivity index (χ0n) is 19.1. The molecule has 0 spiro atoms. The van der Waals surface area contributed by atoms with Gasteiger partial charge in [-0.05, 0) is 50.1 Å². The van der Waals surface area contributed by atoms with Crippen molar-refractivity contribution in [1.29, 1.82) is 0 Å². The molecule has 1 aromatic heterocycles. The largest absolute Gasteiger partial charge is 0.489 e. The number of hydrogen-bond acceptors (Lipinski definition) is 5. The molecular formula is C26H26N4O4. The van der Waals surface area contributed by atoms with Crippen molar-refractivity contribution in [2.45, 2.75) is 38.3 Å². The summed E-state index contributed by atoms with van der Waals surface area (Å²) in [4.78, 5) is 42.1. The monoisotopic (exact) mass is 458 g/mol. The maximum absolute atomic E-state index is 12.9. The quantitative estimate of drug-likeness (QED) is 0.419. The number of para-hydroxylation sites is 1. The van der Waals surface area contributed by atoms with Crippen LogP contribution in [0.3, 0.4) is 0 Å². The smallest absolute Gasteiger partial charge is 0.322 e. The summed E-state index contributed by atoms with van der Waals surface area (Å²) in [5.41, 5.74) is 3.31. The van der Waals surface area contributed by atoms with Crippen LogP contribution in [0.25, 0.3) is 10.9 Å². The highest BCUT2D eigenvalue weighted by atomic mass is 16.5. The number of rotatable bonds is 7. The van der Waals surface area contributed by atoms with Gasteiger partial charge in [0.05, 0.1) is 10.9 Å². The van der Waals surface area contributed by atoms with E-state index in [-0.39, 0.29) is 11.8 Å². The lowest BCUT2D eigenvalue weighted by Crippen LogP contribution is -2.63. The van der Waals surface area contributed by atoms with E-state index in [9.17, 15) is 14.4 Å². The van der Waals surface area contributed by atoms with E-state index >= 15 is 0 Å². The molecule has 174 valence electrons. The third-order valence-electron chi connectivity index (χ3n) is 6.63. The van der Waals surface area contributed by atoms with Crippen LogP contribution in [0.15, 0.2) is 54.6 Å². The topological polar surface area (TPSA) is 101 Å². The van der Waals surface area contributed by atoms with E-state index in [1.54, 1.807) is 4.90 Å². The fourth-order valence-electron chi connectivity index (χ4n) is 4.72. The molecule has 0 bridgehead atoms. The van der Waals surface area contributed by atoms with E-state index in [0.29, 0.717) is 26.1 Å². The van der Waals surface area contributed by atoms with Crippen LogP contribution in [-0.4, -0.2) is 46.9 Å². The molecule has 2 atom stereocenters. The van der Waals surface area contributed by atoms with Crippen molar-refractivity contribution in [3.8, 4) is 5.75 Å². The molecule has 2 aromatic carbocycles. The second-order valence-corrected chi connectivity index (χ2v) is 9.12. The lowest BCUT2D eigenvalue weighted by molar-refractivity contribution is -0.150. The molecular weight excluding hydrogens is 432 g/mol. The standard InChI is InChI=1S/C26H26N4O4/c1-16-13-17(20-5-3-4-6-21(20)27-16)14-34-19-9-7-18(8-10-19)26(2)15-30(24(26)32)12-11-22-23(31)29-25(33)28-22/h3-10,13,22H,11-12,14-15H2,1-2H3,(H2,28,29,31,33). The number of imide groups is 1. The number of β-lactam (4-membered cyclic amide) rings is 1. The van der Waals surface area contributed by atoms with Crippen LogP contribution < -0.4 is 15.4 Å². The van der Waals surface area contributed by atoms with Crippen molar-refractivity contribution in [2.24, 2.45) is 0 Å². The Balaban J connectivity index is 1.20. The number of nitrogens with one attached hydrogen (secondary N) is 2. The zero-order valence-corrected chi connectivity index (χ0v) is 19.1. The van der Waals surface area contributed by atoms with E-state index in [1.807, 2.05) is 68.4 Å². The number of hydrogen-bond donors (Lipinski definition) is 2. The maximum Gasteiger partial charge on any atom is 0.322 e. The molecule has 2 unspecified atom stereocenters. The number of pyridine rings is 1. The van der Waals surface area contributed by atoms with Crippen molar-refractivity contribution in [1.82, 2.24) is 20.5 Å². The number of nitrogens with zero attached hydrogens (tertiary/aromatic N) is 2. The van der Waals surface area contributed by atoms with Crippen LogP contribution in [-0.2, 0) is 21.6 Å². The Morgan fingerprint density at radius 2 is 1.88 bits per heavy atom. The summed E-state index contributed by atoms with van der Waals surface area (Å²) in [6, 6.07) is 16.7. The Hall–Kier alpha value is -3.94. The molecule has 0 aliphatic carbocycles. The number of likely N-dealkylation sites (tertiary alicyclic amines) is 1. The molecule has 3 aromatic rings. The zero-order chi connectivity index (χ0) is 23.9. The van der Waals surface area contributed by atoms with Crippen LogP contribution >= 0.6 is 0 Å². The van der Waals surface area contributed by atoms with Crippen molar-refractivity contribution in [3.05, 3.63) is 71.4 Å². The second kappa shape index (κ2) is 8.44. The van der Waals surface area contributed by atoms with Crippen molar-refractivity contribution >= 4 is 28.7 Å². The van der Waals surface area contributed by atoms with Gasteiger partial charge in [-0.1, -0.05) is 30.3 Å². The van der Waals surface area contributed by atoms with Crippen LogP contribution in [0, 0.1) is 6.92 Å². The first-order valence-corrected chi connectivity index (χ1v) is 11.3. The van der Waals surface area contributed by atoms with Crippen LogP contribution in [0.2, 0.25) is 0 Å². The van der Waals surface area contributed by atoms with Gasteiger partial charge in [-0.15, -0.1) is 0 Å². The Morgan fingerprint density at radius 3 is 2.59 bits per heavy atom. The van der Waals surface area contributed by atoms with Gasteiger partial charge in [-0.25, -0.2) is 4.79 Å². The summed E-state index contributed by atoms with van der Waals surface area (Å²) in [5.74, 6) is 0.411. The van der Waals surface area contributed by atoms with E-state index in [2.05, 4.69) is 15.6 Å². The Kier molecular flexibility index (Phi) is 5.43. The third-order valence-corrected chi connectivity index (χ3v) is 6.63. The van der Waals surface area contributed by atoms with Gasteiger partial charge in [0.2, 0.25) is 5.91 Å². The molecule has 3 heterocycles. The van der Waals surface area contributed by atoms with E-state index in [0.717, 1.165) is 33.5 Å². The summed E-state index contributed by atoms with van der Waals surface area (Å²) in [7, 11) is 0. The van der Waals surface area contributed by atoms with E-state index in [1.165, 1.54) is 0 Å². The Morgan fingerprint density at radius 1 is 1.12 bits per heavy atom. The molecule has 2 fully saturated rings. The minimum Gasteiger partial charge on any atom is -0.489 e. The highest BCUT2D eigenvalue weighted by molar-refractivity contribution is 6.04. The number of fused-ring (bicyclic) bond motifs is 1. The number of aromatic nitrogens is 1. The van der Waals surface area contributed by atoms with Gasteiger partial charge in [0.15, 0.2) is 0 Å². The Bertz CT molecular complexity index is 1290. The average Bonchev–Trinajstić information content (AvgIpc) is 3.16. The fourth-order valence-corrected chi connectivity index (χ4v) is 4.72. The first-order valence-electron chi connectivity index (χ1n) is 11.3. The molecule has 0 saturated carbocycles. The SMILES string of the molecule is Cc1cc(COc2ccc(C3(C)CN(CCC4NC(=O)NC4=O)C3=O)cc2)c2ccccc2n1. The molecule has 2 aliphatic heterocycles. The predicted octanol–water partition coefficient (Wildman–Crippen LogP) is 2.82. The number of aryl methyl sites for hydroxylation is 1. The minimum absolute atomic E-state index is 0.0182. The highest BCUT2D eigenvalue weighted by Gasteiger charge is 2.49. The average molecular weight is 459 g/mol. The number of urea groups is 1. The fraction of sp³-hybridized carbons (Fsp3) is 0.308. The van der Waals surface area contributed by atoms with Gasteiger partial charge in [-0.2, -0.15) is 0 Å². The molecule has 8 heteroatoms. The van der Waals surface area contributed by atoms with E-state index in [4.69, 9.17) is 4.74 Å². The third kappa shape index (κ3) is 3.96. The van der Waals surface area contributed by atoms with Crippen molar-refractivity contribution < 1.29 is 19.1 Å². The normalized spacial score (nSPS) is 21.9. The minimum atomic E-state index is -0.599. The summed E-state index contributed by atoms with van der Waals surface area (Å²) in [6.45, 7) is 5.32. The number of carbonyl (C=O) groups excluding carboxylic acids is 3. The maximum atomic E-state index is 12.9. The first kappa shape index (κ1) is 21.9. The number of benzene rings is 2. The van der Waals surface area contributed by atoms with Crippen LogP contribution in [0.5, 0.6) is 5.75 Å². The first-order chi connectivity index (χ1) is 16.3. The molecule has 0 radical (unpaired) electrons. The summed E-state index contributed by atoms with van der Waals surface area (Å²) < 4.78 is 6.04. The van der Waals surface area contributed by atoms with Gasteiger partial charge in [0, 0.05) is 29.7 Å². The van der Waals surface area contributed by atoms with Gasteiger partial charge in [0.25, 0.3) is 5.91 Å². The van der Waals surface area contributed by atoms with Gasteiger partial charge in [0.1, 0.15) is 18.4 Å². The van der Waals surface area contributed by atoms with Gasteiger partial charge in [-0.3, -0.25) is 19.9 Å². The van der Waals surface area contributed by atoms with E-state index < -0.39 is 17.5 Å². The molecule has 2 aliphatic rings. The van der Waals surface area contributed by atoms with Crippen LogP contribution in [0.1, 0.15) is 30.2 Å².